The van der Waals surface area contributed by atoms with Gasteiger partial charge in [0.25, 0.3) is 0 Å². The molecule has 1 saturated carbocycles. The lowest BCUT2D eigenvalue weighted by Gasteiger charge is -2.24. The minimum atomic E-state index is -0.108. The number of aliphatic imine (C=N–C) groups is 2. The highest BCUT2D eigenvalue weighted by atomic mass is 35.5. The zero-order chi connectivity index (χ0) is 22.7. The highest BCUT2D eigenvalue weighted by Gasteiger charge is 2.41. The summed E-state index contributed by atoms with van der Waals surface area (Å²) >= 11 is 7.87. The van der Waals surface area contributed by atoms with Crippen LogP contribution < -0.4 is 5.32 Å². The van der Waals surface area contributed by atoms with Gasteiger partial charge in [0.1, 0.15) is 11.1 Å². The first-order valence-electron chi connectivity index (χ1n) is 11.3. The first-order valence-corrected chi connectivity index (χ1v) is 12.6. The maximum atomic E-state index is 13.0. The molecule has 172 valence electrons. The number of hydrogen-bond acceptors (Lipinski definition) is 6. The van der Waals surface area contributed by atoms with Crippen molar-refractivity contribution < 1.29 is 14.6 Å². The first-order chi connectivity index (χ1) is 15.4. The Hall–Kier alpha value is -1.83. The van der Waals surface area contributed by atoms with E-state index < -0.39 is 0 Å². The number of amides is 1. The van der Waals surface area contributed by atoms with E-state index in [2.05, 4.69) is 30.2 Å². The zero-order valence-corrected chi connectivity index (χ0v) is 20.1. The van der Waals surface area contributed by atoms with E-state index in [1.54, 1.807) is 11.8 Å². The lowest BCUT2D eigenvalue weighted by atomic mass is 9.96. The number of aliphatic hydroxyl groups excluding tert-OH is 1. The molecule has 4 rings (SSSR count). The molecule has 8 heteroatoms. The second-order valence-electron chi connectivity index (χ2n) is 8.68. The maximum Gasteiger partial charge on any atom is 0.249 e. The van der Waals surface area contributed by atoms with Crippen LogP contribution in [0.25, 0.3) is 0 Å². The number of carbonyl (C=O) groups excluding carboxylic acids is 1. The molecule has 2 N–H and O–H groups in total. The summed E-state index contributed by atoms with van der Waals surface area (Å²) in [6.45, 7) is 4.80. The molecule has 0 aromatic carbocycles. The van der Waals surface area contributed by atoms with E-state index in [9.17, 15) is 4.79 Å². The smallest absolute Gasteiger partial charge is 0.249 e. The van der Waals surface area contributed by atoms with E-state index in [1.807, 2.05) is 18.4 Å². The Morgan fingerprint density at radius 2 is 2.19 bits per heavy atom. The predicted molar refractivity (Wildman–Crippen MR) is 131 cm³/mol. The molecular formula is C24H30ClN3O3S. The minimum Gasteiger partial charge on any atom is -0.443 e. The molecule has 2 aliphatic carbocycles. The van der Waals surface area contributed by atoms with Crippen molar-refractivity contribution in [1.29, 1.82) is 0 Å². The Labute approximate surface area is 198 Å². The number of ether oxygens (including phenoxy) is 1. The van der Waals surface area contributed by atoms with E-state index in [4.69, 9.17) is 26.4 Å². The van der Waals surface area contributed by atoms with Crippen LogP contribution in [0.15, 0.2) is 55.8 Å². The van der Waals surface area contributed by atoms with E-state index in [0.717, 1.165) is 41.3 Å². The summed E-state index contributed by atoms with van der Waals surface area (Å²) in [4.78, 5) is 22.5. The number of halogens is 1. The van der Waals surface area contributed by atoms with Gasteiger partial charge >= 0.3 is 0 Å². The van der Waals surface area contributed by atoms with Gasteiger partial charge in [-0.05, 0) is 50.3 Å². The van der Waals surface area contributed by atoms with Gasteiger partial charge in [-0.1, -0.05) is 18.5 Å². The van der Waals surface area contributed by atoms with Crippen molar-refractivity contribution in [2.24, 2.45) is 21.8 Å². The van der Waals surface area contributed by atoms with Crippen LogP contribution in [-0.4, -0.2) is 46.9 Å². The van der Waals surface area contributed by atoms with E-state index in [0.29, 0.717) is 42.0 Å². The standard InChI is InChI=1S/C24H30ClN3O3S/c1-14-10-19(14)22-20(23(30)26-8-3-9-29)11-16(12-21-27-13-15(2)32-21)24(28-22)31-18-6-4-17(25)5-7-18/h4,6,12-15,19,21,29H,3,5,7-11H2,1-2H3,(H,26,30). The van der Waals surface area contributed by atoms with Gasteiger partial charge < -0.3 is 15.2 Å². The molecule has 0 aromatic rings. The van der Waals surface area contributed by atoms with Gasteiger partial charge in [0.05, 0.1) is 5.70 Å². The minimum absolute atomic E-state index is 0.0106. The van der Waals surface area contributed by atoms with Gasteiger partial charge in [-0.25, -0.2) is 4.99 Å². The second-order valence-corrected chi connectivity index (χ2v) is 10.7. The highest BCUT2D eigenvalue weighted by Crippen LogP contribution is 2.48. The first kappa shape index (κ1) is 23.3. The molecule has 6 nitrogen and oxygen atoms in total. The van der Waals surface area contributed by atoms with E-state index >= 15 is 0 Å². The summed E-state index contributed by atoms with van der Waals surface area (Å²) in [5.74, 6) is 2.08. The predicted octanol–water partition coefficient (Wildman–Crippen LogP) is 4.47. The molecule has 0 aromatic heterocycles. The van der Waals surface area contributed by atoms with E-state index in [-0.39, 0.29) is 23.8 Å². The van der Waals surface area contributed by atoms with Crippen LogP contribution in [0.4, 0.5) is 0 Å². The lowest BCUT2D eigenvalue weighted by molar-refractivity contribution is -0.117. The third-order valence-electron chi connectivity index (χ3n) is 5.96. The SMILES string of the molecule is CC1C=NC(C=C2CC(C(=O)NCCCO)=C(C3CC3C)N=C2OC2=CC=C(Cl)CC2)S1. The van der Waals surface area contributed by atoms with Gasteiger partial charge in [-0.3, -0.25) is 9.79 Å². The van der Waals surface area contributed by atoms with Crippen molar-refractivity contribution in [3.8, 4) is 0 Å². The lowest BCUT2D eigenvalue weighted by Crippen LogP contribution is -2.30. The molecule has 4 aliphatic rings. The Morgan fingerprint density at radius 3 is 2.81 bits per heavy atom. The van der Waals surface area contributed by atoms with Crippen LogP contribution in [0.1, 0.15) is 46.0 Å². The van der Waals surface area contributed by atoms with Gasteiger partial charge in [-0.2, -0.15) is 0 Å². The maximum absolute atomic E-state index is 13.0. The Balaban J connectivity index is 1.65. The number of aliphatic hydroxyl groups is 1. The van der Waals surface area contributed by atoms with E-state index in [1.165, 1.54) is 0 Å². The topological polar surface area (TPSA) is 83.3 Å². The third kappa shape index (κ3) is 5.74. The number of rotatable bonds is 7. The van der Waals surface area contributed by atoms with Gasteiger partial charge in [-0.15, -0.1) is 11.8 Å². The summed E-state index contributed by atoms with van der Waals surface area (Å²) in [6.07, 6.45) is 11.3. The molecule has 0 bridgehead atoms. The fourth-order valence-corrected chi connectivity index (χ4v) is 5.09. The van der Waals surface area contributed by atoms with Crippen LogP contribution in [0.5, 0.6) is 0 Å². The van der Waals surface area contributed by atoms with Crippen molar-refractivity contribution >= 4 is 41.4 Å². The molecule has 2 heterocycles. The van der Waals surface area contributed by atoms with Gasteiger partial charge in [0, 0.05) is 59.6 Å². The van der Waals surface area contributed by atoms with Crippen molar-refractivity contribution in [3.63, 3.8) is 0 Å². The molecule has 0 saturated heterocycles. The monoisotopic (exact) mass is 475 g/mol. The molecule has 32 heavy (non-hydrogen) atoms. The molecule has 0 spiro atoms. The summed E-state index contributed by atoms with van der Waals surface area (Å²) in [5, 5.41) is 13.2. The Bertz CT molecular complexity index is 950. The molecule has 4 unspecified atom stereocenters. The largest absolute Gasteiger partial charge is 0.443 e. The molecule has 1 amide bonds. The average molecular weight is 476 g/mol. The van der Waals surface area contributed by atoms with Crippen LogP contribution in [-0.2, 0) is 9.53 Å². The highest BCUT2D eigenvalue weighted by molar-refractivity contribution is 8.01. The normalized spacial score (nSPS) is 30.8. The fourth-order valence-electron chi connectivity index (χ4n) is 3.97. The van der Waals surface area contributed by atoms with Crippen molar-refractivity contribution in [1.82, 2.24) is 5.32 Å². The van der Waals surface area contributed by atoms with Crippen molar-refractivity contribution in [2.45, 2.75) is 56.6 Å². The number of thioether (sulfide) groups is 1. The molecule has 4 atom stereocenters. The Morgan fingerprint density at radius 1 is 1.38 bits per heavy atom. The van der Waals surface area contributed by atoms with Crippen LogP contribution >= 0.6 is 23.4 Å². The molecule has 1 fully saturated rings. The van der Waals surface area contributed by atoms with Gasteiger partial charge in [0.2, 0.25) is 11.8 Å². The van der Waals surface area contributed by atoms with Crippen molar-refractivity contribution in [2.75, 3.05) is 13.2 Å². The number of hydrogen-bond donors (Lipinski definition) is 2. The summed E-state index contributed by atoms with van der Waals surface area (Å²) in [7, 11) is 0. The molecule has 0 radical (unpaired) electrons. The quantitative estimate of drug-likeness (QED) is 0.532. The van der Waals surface area contributed by atoms with Crippen molar-refractivity contribution in [3.05, 3.63) is 45.9 Å². The number of allylic oxidation sites excluding steroid dienone is 5. The summed E-state index contributed by atoms with van der Waals surface area (Å²) < 4.78 is 6.28. The fraction of sp³-hybridized carbons (Fsp3) is 0.542. The van der Waals surface area contributed by atoms with Crippen LogP contribution in [0.2, 0.25) is 0 Å². The third-order valence-corrected chi connectivity index (χ3v) is 7.36. The molecule has 2 aliphatic heterocycles. The summed E-state index contributed by atoms with van der Waals surface area (Å²) in [5.41, 5.74) is 2.43. The van der Waals surface area contributed by atoms with Gasteiger partial charge in [0.15, 0.2) is 0 Å². The van der Waals surface area contributed by atoms with Crippen LogP contribution in [0, 0.1) is 11.8 Å². The average Bonchev–Trinajstić information content (AvgIpc) is 3.36. The Kier molecular flexibility index (Phi) is 7.59. The van der Waals surface area contributed by atoms with Crippen LogP contribution in [0.3, 0.4) is 0 Å². The number of nitrogens with zero attached hydrogens (tertiary/aromatic N) is 2. The number of nitrogens with one attached hydrogen (secondary N) is 1. The number of carbonyl (C=O) groups is 1. The zero-order valence-electron chi connectivity index (χ0n) is 18.5. The molecular weight excluding hydrogens is 446 g/mol. The summed E-state index contributed by atoms with van der Waals surface area (Å²) in [6, 6.07) is 0. The second kappa shape index (κ2) is 10.4.